The summed E-state index contributed by atoms with van der Waals surface area (Å²) in [5.41, 5.74) is 6.18. The number of carbonyl (C=O) groups is 1. The third kappa shape index (κ3) is 5.39. The van der Waals surface area contributed by atoms with Crippen LogP contribution in [-0.2, 0) is 10.3 Å². The number of fused-ring (bicyclic) bond motifs is 1. The standard InChI is InChI=1S/C24H29ClFN5O3S/c1-14(6-7-25)12-34-20-11-28-18(10-29-20)21(32)30-15-4-5-17(26)16(8-15)23(2)19-9-24(19,13-33-3)35-22(27)31-23/h4-5,8,10-11,14,19H,6-7,9,12-13H2,1-3H3,(H2,27,31)(H,30,32)/t14?,19-,23+,24+/m0/s1. The second-order valence-electron chi connectivity index (χ2n) is 9.24. The highest BCUT2D eigenvalue weighted by Crippen LogP contribution is 2.66. The van der Waals surface area contributed by atoms with Crippen molar-refractivity contribution in [1.29, 1.82) is 0 Å². The van der Waals surface area contributed by atoms with E-state index in [9.17, 15) is 4.79 Å². The molecule has 2 heterocycles. The topological polar surface area (TPSA) is 112 Å². The van der Waals surface area contributed by atoms with E-state index in [-0.39, 0.29) is 22.3 Å². The molecule has 1 amide bonds. The van der Waals surface area contributed by atoms with Crippen molar-refractivity contribution in [3.63, 3.8) is 0 Å². The Morgan fingerprint density at radius 1 is 1.40 bits per heavy atom. The van der Waals surface area contributed by atoms with Crippen LogP contribution in [0.4, 0.5) is 10.1 Å². The quantitative estimate of drug-likeness (QED) is 0.451. The van der Waals surface area contributed by atoms with Gasteiger partial charge in [-0.25, -0.2) is 14.4 Å². The third-order valence-corrected chi connectivity index (χ3v) is 7.98. The van der Waals surface area contributed by atoms with Gasteiger partial charge in [-0.1, -0.05) is 18.7 Å². The maximum Gasteiger partial charge on any atom is 0.275 e. The molecule has 11 heteroatoms. The van der Waals surface area contributed by atoms with Crippen LogP contribution < -0.4 is 15.8 Å². The first-order valence-electron chi connectivity index (χ1n) is 11.4. The minimum Gasteiger partial charge on any atom is -0.476 e. The van der Waals surface area contributed by atoms with E-state index in [1.807, 2.05) is 13.8 Å². The molecule has 8 nitrogen and oxygen atoms in total. The number of amides is 1. The number of nitrogens with one attached hydrogen (secondary N) is 1. The highest BCUT2D eigenvalue weighted by molar-refractivity contribution is 8.15. The fourth-order valence-corrected chi connectivity index (χ4v) is 6.34. The first-order valence-corrected chi connectivity index (χ1v) is 12.7. The number of methoxy groups -OCH3 is 1. The van der Waals surface area contributed by atoms with Crippen LogP contribution in [0.15, 0.2) is 35.6 Å². The zero-order valence-electron chi connectivity index (χ0n) is 19.9. The number of nitrogens with two attached hydrogens (primary N) is 1. The van der Waals surface area contributed by atoms with Crippen LogP contribution in [0.2, 0.25) is 0 Å². The Morgan fingerprint density at radius 3 is 2.89 bits per heavy atom. The normalized spacial score (nSPS) is 25.9. The van der Waals surface area contributed by atoms with Gasteiger partial charge in [0.2, 0.25) is 5.88 Å². The molecule has 4 rings (SSSR count). The number of anilines is 1. The number of thioether (sulfide) groups is 1. The summed E-state index contributed by atoms with van der Waals surface area (Å²) in [7, 11) is 1.64. The van der Waals surface area contributed by atoms with Crippen LogP contribution in [0.5, 0.6) is 5.88 Å². The molecule has 2 aromatic rings. The highest BCUT2D eigenvalue weighted by atomic mass is 35.5. The van der Waals surface area contributed by atoms with Crippen molar-refractivity contribution in [1.82, 2.24) is 9.97 Å². The number of aromatic nitrogens is 2. The molecule has 35 heavy (non-hydrogen) atoms. The minimum atomic E-state index is -0.863. The number of carbonyl (C=O) groups excluding carboxylic acids is 1. The smallest absolute Gasteiger partial charge is 0.275 e. The summed E-state index contributed by atoms with van der Waals surface area (Å²) >= 11 is 7.23. The molecule has 188 valence electrons. The molecule has 4 atom stereocenters. The Kier molecular flexibility index (Phi) is 7.54. The number of hydrogen-bond acceptors (Lipinski definition) is 8. The predicted octanol–water partition coefficient (Wildman–Crippen LogP) is 4.19. The number of aliphatic imine (C=N–C) groups is 1. The van der Waals surface area contributed by atoms with Crippen molar-refractivity contribution in [2.45, 2.75) is 37.0 Å². The number of nitrogens with zero attached hydrogens (tertiary/aromatic N) is 3. The Labute approximate surface area is 213 Å². The Hall–Kier alpha value is -2.43. The first kappa shape index (κ1) is 25.7. The van der Waals surface area contributed by atoms with E-state index in [0.29, 0.717) is 41.4 Å². The van der Waals surface area contributed by atoms with Gasteiger partial charge in [0.1, 0.15) is 11.5 Å². The Bertz CT molecular complexity index is 1120. The maximum absolute atomic E-state index is 15.0. The van der Waals surface area contributed by atoms with Gasteiger partial charge in [-0.15, -0.1) is 11.6 Å². The summed E-state index contributed by atoms with van der Waals surface area (Å²) in [5, 5.41) is 3.17. The minimum absolute atomic E-state index is 0.0678. The Morgan fingerprint density at radius 2 is 2.20 bits per heavy atom. The van der Waals surface area contributed by atoms with Crippen LogP contribution in [-0.4, -0.2) is 52.0 Å². The molecule has 1 aromatic carbocycles. The lowest BCUT2D eigenvalue weighted by molar-refractivity contribution is 0.102. The van der Waals surface area contributed by atoms with Gasteiger partial charge >= 0.3 is 0 Å². The van der Waals surface area contributed by atoms with Gasteiger partial charge in [0, 0.05) is 30.2 Å². The second-order valence-corrected chi connectivity index (χ2v) is 11.0. The van der Waals surface area contributed by atoms with E-state index >= 15 is 4.39 Å². The summed E-state index contributed by atoms with van der Waals surface area (Å²) in [5.74, 6) is 0.367. The largest absolute Gasteiger partial charge is 0.476 e. The van der Waals surface area contributed by atoms with Crippen molar-refractivity contribution in [2.24, 2.45) is 22.6 Å². The number of alkyl halides is 1. The average Bonchev–Trinajstić information content (AvgIpc) is 3.54. The molecule has 1 saturated carbocycles. The maximum atomic E-state index is 15.0. The van der Waals surface area contributed by atoms with Gasteiger partial charge in [-0.2, -0.15) is 0 Å². The van der Waals surface area contributed by atoms with Crippen molar-refractivity contribution in [3.05, 3.63) is 47.7 Å². The summed E-state index contributed by atoms with van der Waals surface area (Å²) < 4.78 is 25.8. The van der Waals surface area contributed by atoms with Gasteiger partial charge in [-0.3, -0.25) is 9.79 Å². The van der Waals surface area contributed by atoms with E-state index in [0.717, 1.165) is 12.8 Å². The van der Waals surface area contributed by atoms with Gasteiger partial charge < -0.3 is 20.5 Å². The lowest BCUT2D eigenvalue weighted by atomic mass is 9.85. The van der Waals surface area contributed by atoms with Gasteiger partial charge in [0.15, 0.2) is 5.17 Å². The zero-order chi connectivity index (χ0) is 25.2. The van der Waals surface area contributed by atoms with Crippen LogP contribution in [0.1, 0.15) is 42.7 Å². The molecule has 2 aliphatic rings. The second kappa shape index (κ2) is 10.3. The van der Waals surface area contributed by atoms with E-state index in [1.165, 1.54) is 36.3 Å². The van der Waals surface area contributed by atoms with E-state index in [4.69, 9.17) is 26.8 Å². The van der Waals surface area contributed by atoms with Crippen LogP contribution in [0, 0.1) is 17.7 Å². The monoisotopic (exact) mass is 521 g/mol. The van der Waals surface area contributed by atoms with Gasteiger partial charge in [-0.05, 0) is 43.9 Å². The molecule has 0 saturated heterocycles. The van der Waals surface area contributed by atoms with Crippen LogP contribution >= 0.6 is 23.4 Å². The molecular weight excluding hydrogens is 493 g/mol. The summed E-state index contributed by atoms with van der Waals surface area (Å²) in [6.45, 7) is 4.88. The van der Waals surface area contributed by atoms with Crippen molar-refractivity contribution in [2.75, 3.05) is 31.5 Å². The molecule has 1 aliphatic heterocycles. The molecule has 1 aliphatic carbocycles. The average molecular weight is 522 g/mol. The molecule has 1 aromatic heterocycles. The molecule has 0 spiro atoms. The highest BCUT2D eigenvalue weighted by Gasteiger charge is 2.66. The summed E-state index contributed by atoms with van der Waals surface area (Å²) in [6, 6.07) is 4.44. The van der Waals surface area contributed by atoms with Crippen molar-refractivity contribution < 1.29 is 18.7 Å². The van der Waals surface area contributed by atoms with Gasteiger partial charge in [0.05, 0.1) is 35.9 Å². The number of hydrogen-bond donors (Lipinski definition) is 2. The zero-order valence-corrected chi connectivity index (χ0v) is 21.5. The third-order valence-electron chi connectivity index (χ3n) is 6.49. The molecule has 3 N–H and O–H groups in total. The van der Waals surface area contributed by atoms with Crippen molar-refractivity contribution >= 4 is 40.1 Å². The van der Waals surface area contributed by atoms with E-state index in [1.54, 1.807) is 13.2 Å². The number of halogens is 2. The molecule has 0 radical (unpaired) electrons. The number of benzene rings is 1. The first-order chi connectivity index (χ1) is 16.7. The SMILES string of the molecule is COC[C@]12C[C@H]1[C@@](C)(c1cc(NC(=O)c3cnc(OCC(C)CCCl)cn3)ccc1F)N=C(N)S2. The van der Waals surface area contributed by atoms with Crippen molar-refractivity contribution in [3.8, 4) is 5.88 Å². The van der Waals surface area contributed by atoms with E-state index < -0.39 is 17.3 Å². The Balaban J connectivity index is 1.48. The van der Waals surface area contributed by atoms with Gasteiger partial charge in [0.25, 0.3) is 5.91 Å². The fourth-order valence-electron chi connectivity index (χ4n) is 4.52. The molecule has 1 unspecified atom stereocenters. The lowest BCUT2D eigenvalue weighted by Gasteiger charge is -2.34. The molecule has 1 fully saturated rings. The molecular formula is C24H29ClFN5O3S. The summed E-state index contributed by atoms with van der Waals surface area (Å²) in [4.78, 5) is 25.7. The number of rotatable bonds is 10. The van der Waals surface area contributed by atoms with E-state index in [2.05, 4.69) is 20.3 Å². The number of amidine groups is 1. The molecule has 0 bridgehead atoms. The fraction of sp³-hybridized carbons (Fsp3) is 0.500. The lowest BCUT2D eigenvalue weighted by Crippen LogP contribution is -2.37. The summed E-state index contributed by atoms with van der Waals surface area (Å²) in [6.07, 6.45) is 4.39. The number of ether oxygens (including phenoxy) is 2. The van der Waals surface area contributed by atoms with Crippen LogP contribution in [0.25, 0.3) is 0 Å². The predicted molar refractivity (Wildman–Crippen MR) is 136 cm³/mol. The van der Waals surface area contributed by atoms with Crippen LogP contribution in [0.3, 0.4) is 0 Å².